The first-order chi connectivity index (χ1) is 12.1. The zero-order chi connectivity index (χ0) is 21.1. The van der Waals surface area contributed by atoms with E-state index in [1.165, 1.54) is 39.8 Å². The molecule has 0 rings (SSSR count). The van der Waals surface area contributed by atoms with Crippen LogP contribution in [0.25, 0.3) is 0 Å². The van der Waals surface area contributed by atoms with E-state index in [1.807, 2.05) is 6.20 Å². The molecule has 0 saturated carbocycles. The average molecular weight is 360 g/mol. The summed E-state index contributed by atoms with van der Waals surface area (Å²) in [4.78, 5) is 0. The fourth-order valence-electron chi connectivity index (χ4n) is 1.70. The van der Waals surface area contributed by atoms with Crippen LogP contribution >= 0.6 is 0 Å². The van der Waals surface area contributed by atoms with Gasteiger partial charge < -0.3 is 22.2 Å². The molecule has 0 unspecified atom stereocenters. The lowest BCUT2D eigenvalue weighted by atomic mass is 10.1. The Morgan fingerprint density at radius 2 is 1.36 bits per heavy atom. The van der Waals surface area contributed by atoms with Crippen LogP contribution < -0.4 is 23.0 Å². The standard InChI is InChI=1S/C14H31N3.2C2H4.2CH5N/c1-4-5-6-7-8-11-17(16)12-14(15)10-9-13(2)3;4*1-2/h12-13H,4-11,15-16H2,1-3H3;2*1-2H2;2*2H2,1H3/b14-12-;;;;. The summed E-state index contributed by atoms with van der Waals surface area (Å²) >= 11 is 0. The third-order valence-corrected chi connectivity index (χ3v) is 2.86. The van der Waals surface area contributed by atoms with Gasteiger partial charge in [-0.1, -0.05) is 46.5 Å². The summed E-state index contributed by atoms with van der Waals surface area (Å²) in [5.74, 6) is 6.57. The molecule has 0 aromatic carbocycles. The topological polar surface area (TPSA) is 107 Å². The van der Waals surface area contributed by atoms with Gasteiger partial charge in [-0.3, -0.25) is 0 Å². The summed E-state index contributed by atoms with van der Waals surface area (Å²) in [5, 5.41) is 1.74. The van der Waals surface area contributed by atoms with Crippen LogP contribution in [0.2, 0.25) is 0 Å². The number of nitrogens with two attached hydrogens (primary N) is 4. The normalized spacial score (nSPS) is 9.08. The number of hydrogen-bond acceptors (Lipinski definition) is 5. The van der Waals surface area contributed by atoms with Crippen LogP contribution in [0.3, 0.4) is 0 Å². The van der Waals surface area contributed by atoms with E-state index in [9.17, 15) is 0 Å². The number of allylic oxidation sites excluding steroid dienone is 1. The van der Waals surface area contributed by atoms with E-state index >= 15 is 0 Å². The minimum absolute atomic E-state index is 0.696. The molecule has 0 amide bonds. The maximum absolute atomic E-state index is 5.91. The molecule has 0 bridgehead atoms. The molecular formula is C20H49N5. The van der Waals surface area contributed by atoms with E-state index in [0.717, 1.165) is 31.5 Å². The van der Waals surface area contributed by atoms with Gasteiger partial charge in [0.05, 0.1) is 0 Å². The monoisotopic (exact) mass is 359 g/mol. The Morgan fingerprint density at radius 1 is 0.920 bits per heavy atom. The van der Waals surface area contributed by atoms with Crippen LogP contribution in [0.1, 0.15) is 65.7 Å². The largest absolute Gasteiger partial charge is 0.401 e. The Kier molecular flexibility index (Phi) is 53.5. The summed E-state index contributed by atoms with van der Waals surface area (Å²) in [7, 11) is 3.00. The van der Waals surface area contributed by atoms with Crippen LogP contribution in [0.4, 0.5) is 0 Å². The van der Waals surface area contributed by atoms with Gasteiger partial charge in [0.25, 0.3) is 0 Å². The Morgan fingerprint density at radius 3 is 1.76 bits per heavy atom. The van der Waals surface area contributed by atoms with E-state index < -0.39 is 0 Å². The molecule has 0 radical (unpaired) electrons. The van der Waals surface area contributed by atoms with Crippen LogP contribution in [-0.2, 0) is 0 Å². The molecule has 0 saturated heterocycles. The summed E-state index contributed by atoms with van der Waals surface area (Å²) in [6.07, 6.45) is 10.3. The van der Waals surface area contributed by atoms with Crippen molar-refractivity contribution in [3.63, 3.8) is 0 Å². The third kappa shape index (κ3) is 45.0. The van der Waals surface area contributed by atoms with Crippen LogP contribution in [0, 0.1) is 5.92 Å². The first-order valence-electron chi connectivity index (χ1n) is 9.19. The van der Waals surface area contributed by atoms with E-state index in [0.29, 0.717) is 5.92 Å². The van der Waals surface area contributed by atoms with Crippen LogP contribution in [-0.4, -0.2) is 25.6 Å². The van der Waals surface area contributed by atoms with Crippen LogP contribution in [0.5, 0.6) is 0 Å². The molecule has 0 aliphatic rings. The first-order valence-corrected chi connectivity index (χ1v) is 9.19. The van der Waals surface area contributed by atoms with Gasteiger partial charge >= 0.3 is 0 Å². The molecular weight excluding hydrogens is 310 g/mol. The van der Waals surface area contributed by atoms with E-state index in [2.05, 4.69) is 58.6 Å². The van der Waals surface area contributed by atoms with E-state index in [4.69, 9.17) is 11.6 Å². The second-order valence-corrected chi connectivity index (χ2v) is 5.29. The van der Waals surface area contributed by atoms with Gasteiger partial charge in [-0.15, -0.1) is 26.3 Å². The smallest absolute Gasteiger partial charge is 0.0342 e. The zero-order valence-corrected chi connectivity index (χ0v) is 17.9. The van der Waals surface area contributed by atoms with E-state index in [-0.39, 0.29) is 0 Å². The highest BCUT2D eigenvalue weighted by Gasteiger charge is 1.99. The van der Waals surface area contributed by atoms with Gasteiger partial charge in [-0.25, -0.2) is 5.84 Å². The maximum Gasteiger partial charge on any atom is 0.0342 e. The maximum atomic E-state index is 5.91. The predicted molar refractivity (Wildman–Crippen MR) is 119 cm³/mol. The van der Waals surface area contributed by atoms with Crippen molar-refractivity contribution in [2.75, 3.05) is 20.6 Å². The van der Waals surface area contributed by atoms with Gasteiger partial charge in [0.2, 0.25) is 0 Å². The van der Waals surface area contributed by atoms with Gasteiger partial charge in [0, 0.05) is 18.4 Å². The minimum atomic E-state index is 0.696. The van der Waals surface area contributed by atoms with Crippen molar-refractivity contribution in [1.82, 2.24) is 5.01 Å². The average Bonchev–Trinajstić information content (AvgIpc) is 2.66. The Bertz CT molecular complexity index is 228. The summed E-state index contributed by atoms with van der Waals surface area (Å²) in [6, 6.07) is 0. The van der Waals surface area contributed by atoms with Gasteiger partial charge in [-0.2, -0.15) is 0 Å². The van der Waals surface area contributed by atoms with Crippen molar-refractivity contribution in [3.8, 4) is 0 Å². The molecule has 5 nitrogen and oxygen atoms in total. The Balaban J connectivity index is -0.000000145. The molecule has 0 aliphatic heterocycles. The zero-order valence-electron chi connectivity index (χ0n) is 17.9. The van der Waals surface area contributed by atoms with Crippen molar-refractivity contribution in [1.29, 1.82) is 0 Å². The Labute approximate surface area is 159 Å². The second kappa shape index (κ2) is 38.3. The highest BCUT2D eigenvalue weighted by molar-refractivity contribution is 4.94. The fourth-order valence-corrected chi connectivity index (χ4v) is 1.70. The highest BCUT2D eigenvalue weighted by Crippen LogP contribution is 2.08. The second-order valence-electron chi connectivity index (χ2n) is 5.29. The molecule has 0 spiro atoms. The number of unbranched alkanes of at least 4 members (excludes halogenated alkanes) is 4. The lowest BCUT2D eigenvalue weighted by molar-refractivity contribution is 0.372. The molecule has 0 aromatic rings. The van der Waals surface area contributed by atoms with Gasteiger partial charge in [-0.05, 0) is 39.3 Å². The first kappa shape index (κ1) is 34.9. The molecule has 8 N–H and O–H groups in total. The predicted octanol–water partition coefficient (Wildman–Crippen LogP) is 4.12. The summed E-state index contributed by atoms with van der Waals surface area (Å²) in [6.45, 7) is 19.6. The number of hydrogen-bond donors (Lipinski definition) is 4. The SMILES string of the molecule is C=C.C=C.CCCCCCCN(N)/C=C(\N)CCC(C)C.CN.CN. The minimum Gasteiger partial charge on any atom is -0.401 e. The van der Waals surface area contributed by atoms with Crippen molar-refractivity contribution in [2.45, 2.75) is 65.7 Å². The van der Waals surface area contributed by atoms with Crippen molar-refractivity contribution >= 4 is 0 Å². The number of nitrogens with zero attached hydrogens (tertiary/aromatic N) is 1. The number of rotatable bonds is 10. The third-order valence-electron chi connectivity index (χ3n) is 2.86. The fraction of sp³-hybridized carbons (Fsp3) is 0.700. The highest BCUT2D eigenvalue weighted by atomic mass is 15.4. The van der Waals surface area contributed by atoms with Gasteiger partial charge in [0.1, 0.15) is 0 Å². The molecule has 0 fully saturated rings. The molecule has 5 heteroatoms. The Hall–Kier alpha value is -1.30. The van der Waals surface area contributed by atoms with Crippen molar-refractivity contribution in [3.05, 3.63) is 38.2 Å². The lowest BCUT2D eigenvalue weighted by Crippen LogP contribution is -2.27. The molecule has 0 atom stereocenters. The van der Waals surface area contributed by atoms with E-state index in [1.54, 1.807) is 5.01 Å². The van der Waals surface area contributed by atoms with Crippen molar-refractivity contribution in [2.24, 2.45) is 29.0 Å². The van der Waals surface area contributed by atoms with Crippen LogP contribution in [0.15, 0.2) is 38.2 Å². The molecule has 25 heavy (non-hydrogen) atoms. The summed E-state index contributed by atoms with van der Waals surface area (Å²) in [5.41, 5.74) is 15.8. The molecule has 0 aromatic heterocycles. The summed E-state index contributed by atoms with van der Waals surface area (Å²) < 4.78 is 0. The lowest BCUT2D eigenvalue weighted by Gasteiger charge is -2.15. The van der Waals surface area contributed by atoms with Crippen molar-refractivity contribution < 1.29 is 0 Å². The molecule has 154 valence electrons. The number of hydrazine groups is 1. The molecule has 0 aliphatic carbocycles. The van der Waals surface area contributed by atoms with Gasteiger partial charge in [0.15, 0.2) is 0 Å². The molecule has 0 heterocycles. The quantitative estimate of drug-likeness (QED) is 0.203.